The van der Waals surface area contributed by atoms with Gasteiger partial charge in [-0.2, -0.15) is 0 Å². The minimum Gasteiger partial charge on any atom is -0.508 e. The van der Waals surface area contributed by atoms with Crippen LogP contribution in [-0.4, -0.2) is 27.1 Å². The van der Waals surface area contributed by atoms with E-state index in [-0.39, 0.29) is 5.75 Å². The molecule has 0 spiro atoms. The Morgan fingerprint density at radius 3 is 3.07 bits per heavy atom. The van der Waals surface area contributed by atoms with E-state index in [1.54, 1.807) is 29.1 Å². The van der Waals surface area contributed by atoms with Crippen LogP contribution in [0.15, 0.2) is 30.5 Å². The lowest BCUT2D eigenvalue weighted by atomic mass is 10.3. The molecule has 5 heteroatoms. The number of hydrogen-bond acceptors (Lipinski definition) is 4. The summed E-state index contributed by atoms with van der Waals surface area (Å²) in [6.45, 7) is 0.683. The molecule has 1 aromatic carbocycles. The molecule has 15 heavy (non-hydrogen) atoms. The highest BCUT2D eigenvalue weighted by Crippen LogP contribution is 2.15. The largest absolute Gasteiger partial charge is 0.508 e. The van der Waals surface area contributed by atoms with Gasteiger partial charge >= 0.3 is 0 Å². The molecule has 0 saturated carbocycles. The van der Waals surface area contributed by atoms with Gasteiger partial charge in [-0.05, 0) is 19.2 Å². The fraction of sp³-hybridized carbons (Fsp3) is 0.200. The van der Waals surface area contributed by atoms with E-state index < -0.39 is 0 Å². The van der Waals surface area contributed by atoms with Crippen LogP contribution in [0.5, 0.6) is 5.75 Å². The molecule has 0 bridgehead atoms. The number of rotatable bonds is 3. The molecule has 1 heterocycles. The van der Waals surface area contributed by atoms with Crippen LogP contribution >= 0.6 is 0 Å². The molecule has 0 aliphatic rings. The summed E-state index contributed by atoms with van der Waals surface area (Å²) in [5.41, 5.74) is 1.75. The molecule has 0 unspecified atom stereocenters. The second-order valence-corrected chi connectivity index (χ2v) is 3.19. The van der Waals surface area contributed by atoms with Crippen LogP contribution in [0.4, 0.5) is 0 Å². The average Bonchev–Trinajstić information content (AvgIpc) is 2.66. The molecule has 0 aliphatic heterocycles. The third kappa shape index (κ3) is 1.97. The van der Waals surface area contributed by atoms with E-state index in [1.807, 2.05) is 13.1 Å². The van der Waals surface area contributed by atoms with Crippen molar-refractivity contribution in [2.45, 2.75) is 6.54 Å². The molecule has 0 radical (unpaired) electrons. The second-order valence-electron chi connectivity index (χ2n) is 3.19. The predicted molar refractivity (Wildman–Crippen MR) is 55.8 cm³/mol. The fourth-order valence-electron chi connectivity index (χ4n) is 1.40. The number of benzene rings is 1. The van der Waals surface area contributed by atoms with Gasteiger partial charge in [-0.1, -0.05) is 11.3 Å². The third-order valence-electron chi connectivity index (χ3n) is 2.05. The number of aromatic nitrogens is 3. The Labute approximate surface area is 87.4 Å². The topological polar surface area (TPSA) is 63.0 Å². The minimum absolute atomic E-state index is 0.221. The number of hydrogen-bond donors (Lipinski definition) is 2. The molecule has 5 nitrogen and oxygen atoms in total. The zero-order valence-corrected chi connectivity index (χ0v) is 8.38. The van der Waals surface area contributed by atoms with Crippen LogP contribution in [0.1, 0.15) is 5.69 Å². The van der Waals surface area contributed by atoms with Crippen LogP contribution in [0.25, 0.3) is 5.69 Å². The summed E-state index contributed by atoms with van der Waals surface area (Å²) in [6.07, 6.45) is 1.69. The van der Waals surface area contributed by atoms with Crippen molar-refractivity contribution in [3.05, 3.63) is 36.2 Å². The Morgan fingerprint density at radius 1 is 1.47 bits per heavy atom. The maximum absolute atomic E-state index is 9.36. The second kappa shape index (κ2) is 4.10. The molecule has 0 fully saturated rings. The van der Waals surface area contributed by atoms with Gasteiger partial charge in [-0.3, -0.25) is 0 Å². The maximum atomic E-state index is 9.36. The zero-order chi connectivity index (χ0) is 10.7. The fourth-order valence-corrected chi connectivity index (χ4v) is 1.40. The van der Waals surface area contributed by atoms with Gasteiger partial charge in [0, 0.05) is 12.6 Å². The number of nitrogens with one attached hydrogen (secondary N) is 1. The van der Waals surface area contributed by atoms with E-state index >= 15 is 0 Å². The number of aromatic hydroxyl groups is 1. The van der Waals surface area contributed by atoms with E-state index in [2.05, 4.69) is 15.6 Å². The summed E-state index contributed by atoms with van der Waals surface area (Å²) in [4.78, 5) is 0. The molecule has 2 aromatic rings. The Kier molecular flexibility index (Phi) is 2.64. The van der Waals surface area contributed by atoms with Gasteiger partial charge < -0.3 is 10.4 Å². The van der Waals surface area contributed by atoms with Crippen molar-refractivity contribution in [1.29, 1.82) is 0 Å². The molecule has 0 amide bonds. The highest BCUT2D eigenvalue weighted by atomic mass is 16.3. The van der Waals surface area contributed by atoms with E-state index in [1.165, 1.54) is 0 Å². The molecule has 0 atom stereocenters. The summed E-state index contributed by atoms with van der Waals surface area (Å²) in [6, 6.07) is 6.91. The van der Waals surface area contributed by atoms with Crippen molar-refractivity contribution < 1.29 is 5.11 Å². The number of nitrogens with zero attached hydrogens (tertiary/aromatic N) is 3. The van der Waals surface area contributed by atoms with Gasteiger partial charge in [0.1, 0.15) is 5.75 Å². The van der Waals surface area contributed by atoms with E-state index in [9.17, 15) is 5.11 Å². The standard InChI is InChI=1S/C10H12N4O/c1-11-6-9-7-12-13-14(9)8-3-2-4-10(15)5-8/h2-5,7,11,15H,6H2,1H3. The highest BCUT2D eigenvalue weighted by molar-refractivity contribution is 5.38. The zero-order valence-electron chi connectivity index (χ0n) is 8.38. The molecule has 0 aliphatic carbocycles. The number of phenolic OH excluding ortho intramolecular Hbond substituents is 1. The van der Waals surface area contributed by atoms with Crippen molar-refractivity contribution in [2.75, 3.05) is 7.05 Å². The minimum atomic E-state index is 0.221. The molecular weight excluding hydrogens is 192 g/mol. The smallest absolute Gasteiger partial charge is 0.117 e. The SMILES string of the molecule is CNCc1cnnn1-c1cccc(O)c1. The van der Waals surface area contributed by atoms with E-state index in [0.717, 1.165) is 11.4 Å². The molecule has 0 saturated heterocycles. The predicted octanol–water partition coefficient (Wildman–Crippen LogP) is 0.692. The van der Waals surface area contributed by atoms with Crippen LogP contribution < -0.4 is 5.32 Å². The first-order chi connectivity index (χ1) is 7.31. The monoisotopic (exact) mass is 204 g/mol. The molecule has 2 N–H and O–H groups in total. The van der Waals surface area contributed by atoms with Crippen molar-refractivity contribution in [3.8, 4) is 11.4 Å². The van der Waals surface area contributed by atoms with Crippen LogP contribution in [0.3, 0.4) is 0 Å². The summed E-state index contributed by atoms with van der Waals surface area (Å²) in [5.74, 6) is 0.221. The van der Waals surface area contributed by atoms with Gasteiger partial charge in [-0.25, -0.2) is 4.68 Å². The summed E-state index contributed by atoms with van der Waals surface area (Å²) in [5, 5.41) is 20.2. The van der Waals surface area contributed by atoms with Crippen molar-refractivity contribution >= 4 is 0 Å². The van der Waals surface area contributed by atoms with Gasteiger partial charge in [0.05, 0.1) is 17.6 Å². The van der Waals surface area contributed by atoms with Gasteiger partial charge in [0.25, 0.3) is 0 Å². The Balaban J connectivity index is 2.40. The molecule has 78 valence electrons. The maximum Gasteiger partial charge on any atom is 0.117 e. The normalized spacial score (nSPS) is 10.5. The molecule has 1 aromatic heterocycles. The van der Waals surface area contributed by atoms with Gasteiger partial charge in [-0.15, -0.1) is 5.10 Å². The highest BCUT2D eigenvalue weighted by Gasteiger charge is 2.05. The average molecular weight is 204 g/mol. The van der Waals surface area contributed by atoms with E-state index in [0.29, 0.717) is 6.54 Å². The number of phenols is 1. The lowest BCUT2D eigenvalue weighted by molar-refractivity contribution is 0.474. The molecular formula is C10H12N4O. The third-order valence-corrected chi connectivity index (χ3v) is 2.05. The van der Waals surface area contributed by atoms with Crippen molar-refractivity contribution in [1.82, 2.24) is 20.3 Å². The summed E-state index contributed by atoms with van der Waals surface area (Å²) < 4.78 is 1.69. The van der Waals surface area contributed by atoms with Crippen LogP contribution in [0.2, 0.25) is 0 Å². The summed E-state index contributed by atoms with van der Waals surface area (Å²) >= 11 is 0. The van der Waals surface area contributed by atoms with Gasteiger partial charge in [0.2, 0.25) is 0 Å². The Hall–Kier alpha value is -1.88. The summed E-state index contributed by atoms with van der Waals surface area (Å²) in [7, 11) is 1.86. The van der Waals surface area contributed by atoms with Crippen molar-refractivity contribution in [3.63, 3.8) is 0 Å². The first-order valence-electron chi connectivity index (χ1n) is 4.65. The lowest BCUT2D eigenvalue weighted by Gasteiger charge is -2.05. The lowest BCUT2D eigenvalue weighted by Crippen LogP contribution is -2.10. The van der Waals surface area contributed by atoms with E-state index in [4.69, 9.17) is 0 Å². The van der Waals surface area contributed by atoms with Crippen molar-refractivity contribution in [2.24, 2.45) is 0 Å². The quantitative estimate of drug-likeness (QED) is 0.772. The van der Waals surface area contributed by atoms with Crippen LogP contribution in [-0.2, 0) is 6.54 Å². The van der Waals surface area contributed by atoms with Gasteiger partial charge in [0.15, 0.2) is 0 Å². The Bertz CT molecular complexity index is 452. The Morgan fingerprint density at radius 2 is 2.33 bits per heavy atom. The first-order valence-corrected chi connectivity index (χ1v) is 4.65. The first kappa shape index (κ1) is 9.67. The molecule has 2 rings (SSSR count). The van der Waals surface area contributed by atoms with Crippen LogP contribution in [0, 0.1) is 0 Å².